The first kappa shape index (κ1) is 15.2. The summed E-state index contributed by atoms with van der Waals surface area (Å²) in [5.41, 5.74) is 3.03. The molecule has 2 aromatic carbocycles. The molecule has 0 saturated heterocycles. The zero-order valence-electron chi connectivity index (χ0n) is 12.2. The monoisotopic (exact) mass is 300 g/mol. The number of benzene rings is 2. The molecule has 0 aromatic heterocycles. The molecule has 1 aliphatic carbocycles. The van der Waals surface area contributed by atoms with Crippen molar-refractivity contribution in [1.82, 2.24) is 0 Å². The van der Waals surface area contributed by atoms with E-state index in [0.717, 1.165) is 5.56 Å². The molecule has 0 spiro atoms. The first-order valence-corrected chi connectivity index (χ1v) is 7.44. The van der Waals surface area contributed by atoms with Crippen molar-refractivity contribution in [3.8, 4) is 0 Å². The van der Waals surface area contributed by atoms with Crippen LogP contribution in [0, 0.1) is 5.82 Å². The van der Waals surface area contributed by atoms with Crippen LogP contribution in [0.1, 0.15) is 35.4 Å². The van der Waals surface area contributed by atoms with Gasteiger partial charge in [-0.15, -0.1) is 0 Å². The lowest BCUT2D eigenvalue weighted by molar-refractivity contribution is 0.107. The minimum Gasteiger partial charge on any atom is -0.423 e. The topological polar surface area (TPSA) is 49.7 Å². The normalized spacial score (nSPS) is 14.1. The van der Waals surface area contributed by atoms with Gasteiger partial charge in [0.1, 0.15) is 5.82 Å². The molecule has 0 heterocycles. The van der Waals surface area contributed by atoms with E-state index in [2.05, 4.69) is 12.1 Å². The van der Waals surface area contributed by atoms with Crippen LogP contribution < -0.4 is 5.46 Å². The third-order valence-corrected chi connectivity index (χ3v) is 3.88. The zero-order valence-corrected chi connectivity index (χ0v) is 12.2. The van der Waals surface area contributed by atoms with E-state index in [4.69, 9.17) is 14.8 Å². The first-order valence-electron chi connectivity index (χ1n) is 7.44. The summed E-state index contributed by atoms with van der Waals surface area (Å²) >= 11 is 0. The minimum atomic E-state index is -1.79. The Morgan fingerprint density at radius 1 is 1.05 bits per heavy atom. The molecule has 1 fully saturated rings. The minimum absolute atomic E-state index is 0.124. The van der Waals surface area contributed by atoms with Gasteiger partial charge in [-0.05, 0) is 41.5 Å². The van der Waals surface area contributed by atoms with Crippen LogP contribution >= 0.6 is 0 Å². The molecule has 1 saturated carbocycles. The van der Waals surface area contributed by atoms with Gasteiger partial charge in [0.25, 0.3) is 0 Å². The predicted molar refractivity (Wildman–Crippen MR) is 83.1 cm³/mol. The Hall–Kier alpha value is -1.69. The molecule has 3 nitrogen and oxygen atoms in total. The zero-order chi connectivity index (χ0) is 15.5. The van der Waals surface area contributed by atoms with E-state index >= 15 is 0 Å². The van der Waals surface area contributed by atoms with Crippen molar-refractivity contribution in [2.45, 2.75) is 32.0 Å². The van der Waals surface area contributed by atoms with Crippen molar-refractivity contribution in [2.75, 3.05) is 0 Å². The molecule has 2 N–H and O–H groups in total. The van der Waals surface area contributed by atoms with Crippen LogP contribution in [0.25, 0.3) is 0 Å². The van der Waals surface area contributed by atoms with E-state index in [0.29, 0.717) is 18.1 Å². The molecule has 22 heavy (non-hydrogen) atoms. The maximum atomic E-state index is 13.6. The van der Waals surface area contributed by atoms with Crippen LogP contribution in [0.2, 0.25) is 0 Å². The van der Waals surface area contributed by atoms with Gasteiger partial charge in [0, 0.05) is 5.46 Å². The lowest BCUT2D eigenvalue weighted by Crippen LogP contribution is -2.32. The molecule has 0 aliphatic heterocycles. The summed E-state index contributed by atoms with van der Waals surface area (Å²) in [6.45, 7) is 0.763. The van der Waals surface area contributed by atoms with Crippen LogP contribution in [0.4, 0.5) is 4.39 Å². The SMILES string of the molecule is OB(O)c1ccc(COCc2cccc(C3CC3)c2)cc1F. The third kappa shape index (κ3) is 3.74. The Kier molecular flexibility index (Phi) is 4.57. The Morgan fingerprint density at radius 3 is 2.41 bits per heavy atom. The average molecular weight is 300 g/mol. The molecule has 0 unspecified atom stereocenters. The fourth-order valence-electron chi connectivity index (χ4n) is 2.51. The molecule has 0 radical (unpaired) electrons. The Morgan fingerprint density at radius 2 is 1.77 bits per heavy atom. The van der Waals surface area contributed by atoms with Gasteiger partial charge in [-0.2, -0.15) is 0 Å². The van der Waals surface area contributed by atoms with E-state index in [9.17, 15) is 4.39 Å². The van der Waals surface area contributed by atoms with E-state index in [-0.39, 0.29) is 12.1 Å². The van der Waals surface area contributed by atoms with Crippen molar-refractivity contribution >= 4 is 12.6 Å². The van der Waals surface area contributed by atoms with Crippen LogP contribution in [0.3, 0.4) is 0 Å². The Balaban J connectivity index is 1.56. The Bertz CT molecular complexity index is 656. The lowest BCUT2D eigenvalue weighted by atomic mass is 9.79. The second kappa shape index (κ2) is 6.61. The van der Waals surface area contributed by atoms with Gasteiger partial charge in [0.2, 0.25) is 0 Å². The molecule has 3 rings (SSSR count). The predicted octanol–water partition coefficient (Wildman–Crippen LogP) is 2.10. The molecule has 2 aromatic rings. The van der Waals surface area contributed by atoms with Crippen LogP contribution in [-0.2, 0) is 18.0 Å². The van der Waals surface area contributed by atoms with Gasteiger partial charge in [-0.25, -0.2) is 4.39 Å². The summed E-state index contributed by atoms with van der Waals surface area (Å²) < 4.78 is 19.2. The maximum absolute atomic E-state index is 13.6. The summed E-state index contributed by atoms with van der Waals surface area (Å²) in [4.78, 5) is 0. The van der Waals surface area contributed by atoms with E-state index in [1.54, 1.807) is 6.07 Å². The highest BCUT2D eigenvalue weighted by Crippen LogP contribution is 2.40. The van der Waals surface area contributed by atoms with Crippen molar-refractivity contribution in [3.63, 3.8) is 0 Å². The summed E-state index contributed by atoms with van der Waals surface area (Å²) in [7, 11) is -1.79. The number of halogens is 1. The van der Waals surface area contributed by atoms with Gasteiger partial charge in [-0.1, -0.05) is 36.4 Å². The van der Waals surface area contributed by atoms with Crippen LogP contribution in [-0.4, -0.2) is 17.2 Å². The molecular formula is C17H18BFO3. The number of hydrogen-bond acceptors (Lipinski definition) is 3. The van der Waals surface area contributed by atoms with Crippen LogP contribution in [0.15, 0.2) is 42.5 Å². The van der Waals surface area contributed by atoms with Gasteiger partial charge < -0.3 is 14.8 Å². The standard InChI is InChI=1S/C17H18BFO3/c19-17-9-13(4-7-16(17)18(20)21)11-22-10-12-2-1-3-15(8-12)14-5-6-14/h1-4,7-9,14,20-21H,5-6,10-11H2. The van der Waals surface area contributed by atoms with Gasteiger partial charge in [-0.3, -0.25) is 0 Å². The smallest absolute Gasteiger partial charge is 0.423 e. The number of hydrogen-bond donors (Lipinski definition) is 2. The fourth-order valence-corrected chi connectivity index (χ4v) is 2.51. The first-order chi connectivity index (χ1) is 10.6. The maximum Gasteiger partial charge on any atom is 0.491 e. The largest absolute Gasteiger partial charge is 0.491 e. The molecule has 1 aliphatic rings. The summed E-state index contributed by atoms with van der Waals surface area (Å²) in [5.74, 6) is 0.0818. The summed E-state index contributed by atoms with van der Waals surface area (Å²) in [5, 5.41) is 18.0. The van der Waals surface area contributed by atoms with Gasteiger partial charge in [0.05, 0.1) is 13.2 Å². The third-order valence-electron chi connectivity index (χ3n) is 3.88. The number of rotatable bonds is 6. The molecule has 114 valence electrons. The fraction of sp³-hybridized carbons (Fsp3) is 0.294. The van der Waals surface area contributed by atoms with Crippen molar-refractivity contribution in [3.05, 3.63) is 65.0 Å². The molecule has 0 amide bonds. The van der Waals surface area contributed by atoms with Crippen molar-refractivity contribution in [1.29, 1.82) is 0 Å². The van der Waals surface area contributed by atoms with E-state index in [1.165, 1.54) is 30.5 Å². The Labute approximate surface area is 129 Å². The highest BCUT2D eigenvalue weighted by Gasteiger charge is 2.23. The van der Waals surface area contributed by atoms with E-state index in [1.807, 2.05) is 12.1 Å². The quantitative estimate of drug-likeness (QED) is 0.803. The van der Waals surface area contributed by atoms with Gasteiger partial charge >= 0.3 is 7.12 Å². The highest BCUT2D eigenvalue weighted by molar-refractivity contribution is 6.58. The summed E-state index contributed by atoms with van der Waals surface area (Å²) in [6.07, 6.45) is 2.54. The number of ether oxygens (including phenoxy) is 1. The highest BCUT2D eigenvalue weighted by atomic mass is 19.1. The average Bonchev–Trinajstić information content (AvgIpc) is 3.32. The van der Waals surface area contributed by atoms with Crippen molar-refractivity contribution in [2.24, 2.45) is 0 Å². The van der Waals surface area contributed by atoms with Crippen molar-refractivity contribution < 1.29 is 19.2 Å². The second-order valence-electron chi connectivity index (χ2n) is 5.74. The molecular weight excluding hydrogens is 282 g/mol. The molecule has 5 heteroatoms. The van der Waals surface area contributed by atoms with Gasteiger partial charge in [0.15, 0.2) is 0 Å². The van der Waals surface area contributed by atoms with Crippen LogP contribution in [0.5, 0.6) is 0 Å². The molecule has 0 atom stereocenters. The second-order valence-corrected chi connectivity index (χ2v) is 5.74. The molecule has 0 bridgehead atoms. The lowest BCUT2D eigenvalue weighted by Gasteiger charge is -2.08. The van der Waals surface area contributed by atoms with E-state index < -0.39 is 12.9 Å². The summed E-state index contributed by atoms with van der Waals surface area (Å²) in [6, 6.07) is 12.7.